The van der Waals surface area contributed by atoms with Crippen LogP contribution in [0.1, 0.15) is 31.3 Å². The number of aromatic nitrogens is 1. The largest absolute Gasteiger partial charge is 0.368 e. The van der Waals surface area contributed by atoms with Crippen molar-refractivity contribution in [2.75, 3.05) is 31.1 Å². The van der Waals surface area contributed by atoms with E-state index in [4.69, 9.17) is 0 Å². The standard InChI is InChI=1S/C14H21N3O/c1-11(2)16-6-8-17(9-7-16)13-4-5-14(12(3)18)15-10-13/h4-5,10-11H,6-9H2,1-3H3. The SMILES string of the molecule is CC(=O)c1ccc(N2CCN(C(C)C)CC2)cn1. The van der Waals surface area contributed by atoms with Crippen LogP contribution in [0.4, 0.5) is 5.69 Å². The highest BCUT2D eigenvalue weighted by Gasteiger charge is 2.19. The summed E-state index contributed by atoms with van der Waals surface area (Å²) in [5, 5.41) is 0. The zero-order chi connectivity index (χ0) is 13.1. The number of hydrogen-bond donors (Lipinski definition) is 0. The van der Waals surface area contributed by atoms with Gasteiger partial charge < -0.3 is 4.90 Å². The minimum Gasteiger partial charge on any atom is -0.368 e. The third-order valence-electron chi connectivity index (χ3n) is 3.52. The summed E-state index contributed by atoms with van der Waals surface area (Å²) in [4.78, 5) is 20.2. The van der Waals surface area contributed by atoms with Crippen molar-refractivity contribution in [1.82, 2.24) is 9.88 Å². The molecule has 0 bridgehead atoms. The molecule has 0 aromatic carbocycles. The number of piperazine rings is 1. The molecule has 18 heavy (non-hydrogen) atoms. The van der Waals surface area contributed by atoms with Gasteiger partial charge in [-0.05, 0) is 26.0 Å². The van der Waals surface area contributed by atoms with E-state index in [1.807, 2.05) is 18.3 Å². The lowest BCUT2D eigenvalue weighted by Gasteiger charge is -2.38. The normalized spacial score (nSPS) is 17.2. The van der Waals surface area contributed by atoms with Crippen molar-refractivity contribution in [3.8, 4) is 0 Å². The van der Waals surface area contributed by atoms with Gasteiger partial charge in [-0.3, -0.25) is 14.7 Å². The highest BCUT2D eigenvalue weighted by molar-refractivity contribution is 5.92. The van der Waals surface area contributed by atoms with Crippen LogP contribution in [0.15, 0.2) is 18.3 Å². The van der Waals surface area contributed by atoms with Crippen LogP contribution in [0.3, 0.4) is 0 Å². The smallest absolute Gasteiger partial charge is 0.178 e. The first-order valence-corrected chi connectivity index (χ1v) is 6.54. The molecule has 1 aliphatic rings. The van der Waals surface area contributed by atoms with Crippen LogP contribution in [0.2, 0.25) is 0 Å². The van der Waals surface area contributed by atoms with Gasteiger partial charge in [-0.15, -0.1) is 0 Å². The van der Waals surface area contributed by atoms with Gasteiger partial charge in [-0.2, -0.15) is 0 Å². The molecule has 0 radical (unpaired) electrons. The molecule has 0 amide bonds. The van der Waals surface area contributed by atoms with Crippen molar-refractivity contribution in [3.05, 3.63) is 24.0 Å². The number of nitrogens with zero attached hydrogens (tertiary/aromatic N) is 3. The minimum atomic E-state index is 0.0196. The molecule has 2 heterocycles. The van der Waals surface area contributed by atoms with Crippen LogP contribution < -0.4 is 4.90 Å². The van der Waals surface area contributed by atoms with Gasteiger partial charge in [0.25, 0.3) is 0 Å². The van der Waals surface area contributed by atoms with E-state index in [0.717, 1.165) is 31.9 Å². The molecular formula is C14H21N3O. The van der Waals surface area contributed by atoms with Crippen molar-refractivity contribution in [2.45, 2.75) is 26.8 Å². The van der Waals surface area contributed by atoms with Gasteiger partial charge in [-0.1, -0.05) is 0 Å². The molecule has 0 unspecified atom stereocenters. The van der Waals surface area contributed by atoms with E-state index in [2.05, 4.69) is 28.6 Å². The number of Topliss-reactive ketones (excluding diaryl/α,β-unsaturated/α-hetero) is 1. The van der Waals surface area contributed by atoms with E-state index in [1.165, 1.54) is 0 Å². The molecule has 1 aromatic heterocycles. The quantitative estimate of drug-likeness (QED) is 0.763. The molecule has 0 aliphatic carbocycles. The fraction of sp³-hybridized carbons (Fsp3) is 0.571. The summed E-state index contributed by atoms with van der Waals surface area (Å²) in [5.74, 6) is 0.0196. The van der Waals surface area contributed by atoms with Crippen LogP contribution in [-0.2, 0) is 0 Å². The topological polar surface area (TPSA) is 36.4 Å². The Balaban J connectivity index is 1.99. The monoisotopic (exact) mass is 247 g/mol. The Morgan fingerprint density at radius 3 is 2.33 bits per heavy atom. The van der Waals surface area contributed by atoms with Crippen molar-refractivity contribution in [1.29, 1.82) is 0 Å². The average molecular weight is 247 g/mol. The molecule has 4 nitrogen and oxygen atoms in total. The Bertz CT molecular complexity index is 406. The fourth-order valence-electron chi connectivity index (χ4n) is 2.28. The Kier molecular flexibility index (Phi) is 3.97. The van der Waals surface area contributed by atoms with E-state index in [1.54, 1.807) is 6.92 Å². The molecule has 1 aromatic rings. The predicted octanol–water partition coefficient (Wildman–Crippen LogP) is 1.81. The first-order valence-electron chi connectivity index (χ1n) is 6.54. The fourth-order valence-corrected chi connectivity index (χ4v) is 2.28. The summed E-state index contributed by atoms with van der Waals surface area (Å²) in [6.07, 6.45) is 1.81. The van der Waals surface area contributed by atoms with E-state index in [9.17, 15) is 4.79 Å². The van der Waals surface area contributed by atoms with Crippen LogP contribution in [0.25, 0.3) is 0 Å². The molecule has 0 saturated carbocycles. The number of ketones is 1. The van der Waals surface area contributed by atoms with Crippen molar-refractivity contribution >= 4 is 11.5 Å². The zero-order valence-corrected chi connectivity index (χ0v) is 11.4. The number of carbonyl (C=O) groups is 1. The summed E-state index contributed by atoms with van der Waals surface area (Å²) in [6.45, 7) is 10.2. The van der Waals surface area contributed by atoms with Gasteiger partial charge in [0.05, 0.1) is 11.9 Å². The van der Waals surface area contributed by atoms with Gasteiger partial charge in [0.1, 0.15) is 5.69 Å². The molecule has 0 spiro atoms. The molecule has 4 heteroatoms. The predicted molar refractivity (Wildman–Crippen MR) is 73.2 cm³/mol. The maximum absolute atomic E-state index is 11.2. The summed E-state index contributed by atoms with van der Waals surface area (Å²) < 4.78 is 0. The van der Waals surface area contributed by atoms with Crippen molar-refractivity contribution in [2.24, 2.45) is 0 Å². The third-order valence-corrected chi connectivity index (χ3v) is 3.52. The van der Waals surface area contributed by atoms with Gasteiger partial charge in [0, 0.05) is 39.1 Å². The van der Waals surface area contributed by atoms with Crippen LogP contribution in [0, 0.1) is 0 Å². The Morgan fingerprint density at radius 2 is 1.89 bits per heavy atom. The first kappa shape index (κ1) is 13.0. The Labute approximate surface area is 109 Å². The van der Waals surface area contributed by atoms with E-state index < -0.39 is 0 Å². The molecule has 2 rings (SSSR count). The maximum Gasteiger partial charge on any atom is 0.178 e. The highest BCUT2D eigenvalue weighted by Crippen LogP contribution is 2.16. The second kappa shape index (κ2) is 5.48. The van der Waals surface area contributed by atoms with Gasteiger partial charge in [0.2, 0.25) is 0 Å². The van der Waals surface area contributed by atoms with Gasteiger partial charge in [0.15, 0.2) is 5.78 Å². The summed E-state index contributed by atoms with van der Waals surface area (Å²) in [5.41, 5.74) is 1.66. The lowest BCUT2D eigenvalue weighted by atomic mass is 10.2. The first-order chi connectivity index (χ1) is 8.58. The molecular weight excluding hydrogens is 226 g/mol. The molecule has 1 fully saturated rings. The maximum atomic E-state index is 11.2. The van der Waals surface area contributed by atoms with Gasteiger partial charge >= 0.3 is 0 Å². The van der Waals surface area contributed by atoms with E-state index in [0.29, 0.717) is 11.7 Å². The number of pyridine rings is 1. The van der Waals surface area contributed by atoms with Crippen molar-refractivity contribution < 1.29 is 4.79 Å². The second-order valence-electron chi connectivity index (χ2n) is 5.07. The summed E-state index contributed by atoms with van der Waals surface area (Å²) >= 11 is 0. The average Bonchev–Trinajstić information content (AvgIpc) is 2.39. The van der Waals surface area contributed by atoms with Crippen molar-refractivity contribution in [3.63, 3.8) is 0 Å². The Hall–Kier alpha value is -1.42. The minimum absolute atomic E-state index is 0.0196. The Morgan fingerprint density at radius 1 is 1.22 bits per heavy atom. The molecule has 0 atom stereocenters. The third kappa shape index (κ3) is 2.88. The highest BCUT2D eigenvalue weighted by atomic mass is 16.1. The van der Waals surface area contributed by atoms with E-state index >= 15 is 0 Å². The lowest BCUT2D eigenvalue weighted by molar-refractivity contribution is 0.101. The lowest BCUT2D eigenvalue weighted by Crippen LogP contribution is -2.48. The number of rotatable bonds is 3. The number of anilines is 1. The zero-order valence-electron chi connectivity index (χ0n) is 11.4. The van der Waals surface area contributed by atoms with E-state index in [-0.39, 0.29) is 5.78 Å². The molecule has 0 N–H and O–H groups in total. The summed E-state index contributed by atoms with van der Waals surface area (Å²) in [6, 6.07) is 4.42. The van der Waals surface area contributed by atoms with Crippen LogP contribution in [0.5, 0.6) is 0 Å². The molecule has 98 valence electrons. The van der Waals surface area contributed by atoms with Crippen LogP contribution >= 0.6 is 0 Å². The number of carbonyl (C=O) groups excluding carboxylic acids is 1. The van der Waals surface area contributed by atoms with Gasteiger partial charge in [-0.25, -0.2) is 0 Å². The molecule has 1 saturated heterocycles. The second-order valence-corrected chi connectivity index (χ2v) is 5.07. The molecule has 1 aliphatic heterocycles. The van der Waals surface area contributed by atoms with Crippen LogP contribution in [-0.4, -0.2) is 47.9 Å². The summed E-state index contributed by atoms with van der Waals surface area (Å²) in [7, 11) is 0. The number of hydrogen-bond acceptors (Lipinski definition) is 4.